The Kier molecular flexibility index (Phi) is 1.77. The Morgan fingerprint density at radius 2 is 2.19 bits per heavy atom. The van der Waals surface area contributed by atoms with E-state index in [-0.39, 0.29) is 5.54 Å². The normalized spacial score (nSPS) is 26.4. The maximum atomic E-state index is 5.64. The van der Waals surface area contributed by atoms with E-state index in [0.29, 0.717) is 19.3 Å². The lowest BCUT2D eigenvalue weighted by molar-refractivity contribution is 0.174. The maximum Gasteiger partial charge on any atom is 0.231 e. The molecule has 1 aromatic carbocycles. The number of hydrogen-bond acceptors (Lipinski definition) is 5. The van der Waals surface area contributed by atoms with E-state index in [0.717, 1.165) is 17.1 Å². The Balaban J connectivity index is 1.96. The summed E-state index contributed by atoms with van der Waals surface area (Å²) in [6.07, 6.45) is 0. The molecule has 0 spiro atoms. The number of hydrogen-bond donors (Lipinski definition) is 2. The lowest BCUT2D eigenvalue weighted by atomic mass is 9.92. The third kappa shape index (κ3) is 1.28. The Bertz CT molecular complexity index is 472. The molecule has 1 atom stereocenters. The summed E-state index contributed by atoms with van der Waals surface area (Å²) in [7, 11) is 0. The Hall–Kier alpha value is -1.91. The smallest absolute Gasteiger partial charge is 0.231 e. The van der Waals surface area contributed by atoms with Crippen molar-refractivity contribution >= 4 is 5.96 Å². The highest BCUT2D eigenvalue weighted by Crippen LogP contribution is 2.36. The van der Waals surface area contributed by atoms with Crippen LogP contribution >= 0.6 is 0 Å². The van der Waals surface area contributed by atoms with Gasteiger partial charge in [-0.15, -0.1) is 0 Å². The van der Waals surface area contributed by atoms with Gasteiger partial charge >= 0.3 is 0 Å². The van der Waals surface area contributed by atoms with Crippen molar-refractivity contribution in [2.45, 2.75) is 12.5 Å². The molecule has 1 unspecified atom stereocenters. The number of nitrogens with zero attached hydrogens (tertiary/aromatic N) is 1. The molecule has 84 valence electrons. The fourth-order valence-electron chi connectivity index (χ4n) is 2.01. The average molecular weight is 219 g/mol. The molecule has 3 rings (SSSR count). The first kappa shape index (κ1) is 9.33. The van der Waals surface area contributed by atoms with Gasteiger partial charge in [0.25, 0.3) is 0 Å². The van der Waals surface area contributed by atoms with Gasteiger partial charge in [0.2, 0.25) is 6.79 Å². The van der Waals surface area contributed by atoms with E-state index in [1.54, 1.807) is 0 Å². The van der Waals surface area contributed by atoms with Crippen molar-refractivity contribution in [1.82, 2.24) is 5.32 Å². The highest BCUT2D eigenvalue weighted by atomic mass is 16.7. The standard InChI is InChI=1S/C11H13N3O2/c1-11(5-13-10(12)14-11)7-2-3-8-9(4-7)16-6-15-8/h2-4H,5-6H2,1H3,(H3,12,13,14). The van der Waals surface area contributed by atoms with E-state index in [1.165, 1.54) is 0 Å². The summed E-state index contributed by atoms with van der Waals surface area (Å²) in [6.45, 7) is 2.99. The minimum absolute atomic E-state index is 0.245. The van der Waals surface area contributed by atoms with Crippen molar-refractivity contribution in [2.24, 2.45) is 10.7 Å². The first-order valence-electron chi connectivity index (χ1n) is 5.16. The molecular formula is C11H13N3O2. The predicted octanol–water partition coefficient (Wildman–Crippen LogP) is 0.548. The second kappa shape index (κ2) is 3.04. The Morgan fingerprint density at radius 1 is 1.38 bits per heavy atom. The van der Waals surface area contributed by atoms with E-state index >= 15 is 0 Å². The van der Waals surface area contributed by atoms with Crippen LogP contribution in [0.3, 0.4) is 0 Å². The van der Waals surface area contributed by atoms with E-state index < -0.39 is 0 Å². The molecule has 0 amide bonds. The minimum atomic E-state index is -0.245. The van der Waals surface area contributed by atoms with Crippen molar-refractivity contribution in [3.05, 3.63) is 23.8 Å². The van der Waals surface area contributed by atoms with Crippen LogP contribution < -0.4 is 20.5 Å². The SMILES string of the molecule is CC1(c2ccc3c(c2)OCO3)CN=C(N)N1. The number of nitrogens with two attached hydrogens (primary N) is 1. The van der Waals surface area contributed by atoms with Crippen LogP contribution in [-0.4, -0.2) is 19.3 Å². The van der Waals surface area contributed by atoms with Gasteiger partial charge in [-0.3, -0.25) is 4.99 Å². The summed E-state index contributed by atoms with van der Waals surface area (Å²) in [5, 5.41) is 3.17. The molecule has 2 aliphatic rings. The van der Waals surface area contributed by atoms with Crippen LogP contribution in [-0.2, 0) is 5.54 Å². The molecule has 2 heterocycles. The summed E-state index contributed by atoms with van der Waals surface area (Å²) in [5.41, 5.74) is 6.50. The van der Waals surface area contributed by atoms with Crippen LogP contribution in [0.1, 0.15) is 12.5 Å². The lowest BCUT2D eigenvalue weighted by Crippen LogP contribution is -2.42. The van der Waals surface area contributed by atoms with Gasteiger partial charge < -0.3 is 20.5 Å². The van der Waals surface area contributed by atoms with Crippen molar-refractivity contribution in [1.29, 1.82) is 0 Å². The first-order valence-corrected chi connectivity index (χ1v) is 5.16. The highest BCUT2D eigenvalue weighted by molar-refractivity contribution is 5.81. The molecule has 5 heteroatoms. The molecule has 0 fully saturated rings. The maximum absolute atomic E-state index is 5.64. The monoisotopic (exact) mass is 219 g/mol. The predicted molar refractivity (Wildman–Crippen MR) is 59.5 cm³/mol. The quantitative estimate of drug-likeness (QED) is 0.723. The topological polar surface area (TPSA) is 68.9 Å². The number of fused-ring (bicyclic) bond motifs is 1. The van der Waals surface area contributed by atoms with E-state index in [4.69, 9.17) is 15.2 Å². The third-order valence-corrected chi connectivity index (χ3v) is 2.98. The number of nitrogens with one attached hydrogen (secondary N) is 1. The zero-order valence-corrected chi connectivity index (χ0v) is 8.99. The van der Waals surface area contributed by atoms with Gasteiger partial charge in [-0.25, -0.2) is 0 Å². The van der Waals surface area contributed by atoms with Crippen LogP contribution in [0.2, 0.25) is 0 Å². The fourth-order valence-corrected chi connectivity index (χ4v) is 2.01. The molecule has 0 bridgehead atoms. The zero-order chi connectivity index (χ0) is 11.2. The molecule has 3 N–H and O–H groups in total. The van der Waals surface area contributed by atoms with Gasteiger partial charge in [0.05, 0.1) is 12.1 Å². The van der Waals surface area contributed by atoms with Gasteiger partial charge in [-0.2, -0.15) is 0 Å². The summed E-state index contributed by atoms with van der Waals surface area (Å²) in [4.78, 5) is 4.17. The number of rotatable bonds is 1. The van der Waals surface area contributed by atoms with Crippen LogP contribution in [0, 0.1) is 0 Å². The van der Waals surface area contributed by atoms with Gasteiger partial charge in [0.1, 0.15) is 0 Å². The molecule has 0 radical (unpaired) electrons. The number of benzene rings is 1. The number of guanidine groups is 1. The molecule has 1 aromatic rings. The van der Waals surface area contributed by atoms with E-state index in [2.05, 4.69) is 17.2 Å². The second-order valence-corrected chi connectivity index (χ2v) is 4.23. The molecule has 0 aliphatic carbocycles. The molecule has 0 aromatic heterocycles. The summed E-state index contributed by atoms with van der Waals surface area (Å²) >= 11 is 0. The number of ether oxygens (including phenoxy) is 2. The zero-order valence-electron chi connectivity index (χ0n) is 8.99. The Morgan fingerprint density at radius 3 is 2.94 bits per heavy atom. The minimum Gasteiger partial charge on any atom is -0.454 e. The third-order valence-electron chi connectivity index (χ3n) is 2.98. The molecule has 0 saturated carbocycles. The average Bonchev–Trinajstić information content (AvgIpc) is 2.84. The van der Waals surface area contributed by atoms with Crippen molar-refractivity contribution in [2.75, 3.05) is 13.3 Å². The summed E-state index contributed by atoms with van der Waals surface area (Å²) in [6, 6.07) is 5.90. The van der Waals surface area contributed by atoms with Crippen LogP contribution in [0.4, 0.5) is 0 Å². The molecule has 0 saturated heterocycles. The molecular weight excluding hydrogens is 206 g/mol. The lowest BCUT2D eigenvalue weighted by Gasteiger charge is -2.24. The van der Waals surface area contributed by atoms with E-state index in [1.807, 2.05) is 18.2 Å². The van der Waals surface area contributed by atoms with Crippen LogP contribution in [0.5, 0.6) is 11.5 Å². The number of aliphatic imine (C=N–C) groups is 1. The van der Waals surface area contributed by atoms with Crippen molar-refractivity contribution < 1.29 is 9.47 Å². The summed E-state index contributed by atoms with van der Waals surface area (Å²) < 4.78 is 10.6. The van der Waals surface area contributed by atoms with Gasteiger partial charge in [0.15, 0.2) is 17.5 Å². The molecule has 16 heavy (non-hydrogen) atoms. The second-order valence-electron chi connectivity index (χ2n) is 4.23. The van der Waals surface area contributed by atoms with Gasteiger partial charge in [0, 0.05) is 0 Å². The highest BCUT2D eigenvalue weighted by Gasteiger charge is 2.32. The van der Waals surface area contributed by atoms with Crippen LogP contribution in [0.25, 0.3) is 0 Å². The van der Waals surface area contributed by atoms with Crippen LogP contribution in [0.15, 0.2) is 23.2 Å². The van der Waals surface area contributed by atoms with Gasteiger partial charge in [-0.1, -0.05) is 6.07 Å². The summed E-state index contributed by atoms with van der Waals surface area (Å²) in [5.74, 6) is 2.06. The molecule has 2 aliphatic heterocycles. The Labute approximate surface area is 93.3 Å². The van der Waals surface area contributed by atoms with Crippen molar-refractivity contribution in [3.8, 4) is 11.5 Å². The fraction of sp³-hybridized carbons (Fsp3) is 0.364. The first-order chi connectivity index (χ1) is 7.67. The van der Waals surface area contributed by atoms with Gasteiger partial charge in [-0.05, 0) is 24.6 Å². The largest absolute Gasteiger partial charge is 0.454 e. The van der Waals surface area contributed by atoms with E-state index in [9.17, 15) is 0 Å². The molecule has 5 nitrogen and oxygen atoms in total. The van der Waals surface area contributed by atoms with Crippen molar-refractivity contribution in [3.63, 3.8) is 0 Å².